The van der Waals surface area contributed by atoms with Gasteiger partial charge in [-0.2, -0.15) is 0 Å². The molecule has 1 aliphatic heterocycles. The average Bonchev–Trinajstić information content (AvgIpc) is 3.00. The maximum atomic E-state index is 10.6. The van der Waals surface area contributed by atoms with Crippen molar-refractivity contribution in [2.75, 3.05) is 12.9 Å². The highest BCUT2D eigenvalue weighted by Crippen LogP contribution is 2.40. The number of nitrogens with zero attached hydrogens (tertiary/aromatic N) is 3. The first-order chi connectivity index (χ1) is 10.4. The number of hydrogen-bond acceptors (Lipinski definition) is 7. The monoisotopic (exact) mass is 345 g/mol. The second-order valence-electron chi connectivity index (χ2n) is 5.34. The molecule has 120 valence electrons. The Morgan fingerprint density at radius 2 is 2.23 bits per heavy atom. The summed E-state index contributed by atoms with van der Waals surface area (Å²) in [6.45, 7) is 1.07. The highest BCUT2D eigenvalue weighted by molar-refractivity contribution is 7.98. The largest absolute Gasteiger partial charge is 0.394 e. The topological polar surface area (TPSA) is 101 Å². The Kier molecular flexibility index (Phi) is 4.09. The predicted molar refractivity (Wildman–Crippen MR) is 81.9 cm³/mol. The lowest BCUT2D eigenvalue weighted by molar-refractivity contribution is -0.0948. The molecule has 7 nitrogen and oxygen atoms in total. The molecule has 0 saturated carbocycles. The van der Waals surface area contributed by atoms with Gasteiger partial charge in [-0.15, -0.1) is 0 Å². The third-order valence-electron chi connectivity index (χ3n) is 3.87. The fraction of sp³-hybridized carbons (Fsp3) is 0.538. The molecule has 1 unspecified atom stereocenters. The molecule has 3 N–H and O–H groups in total. The van der Waals surface area contributed by atoms with E-state index < -0.39 is 30.6 Å². The molecule has 0 radical (unpaired) electrons. The smallest absolute Gasteiger partial charge is 0.190 e. The fourth-order valence-corrected chi connectivity index (χ4v) is 3.29. The SMILES string of the molecule is CSc1nc(Cl)c2ccn(C3O[C@H](CO)[C@@H](O)[C@@]3(C)O)c2n1. The summed E-state index contributed by atoms with van der Waals surface area (Å²) in [7, 11) is 0. The van der Waals surface area contributed by atoms with Crippen LogP contribution < -0.4 is 0 Å². The lowest BCUT2D eigenvalue weighted by atomic mass is 9.96. The molecule has 1 fully saturated rings. The summed E-state index contributed by atoms with van der Waals surface area (Å²) in [5, 5.41) is 31.4. The van der Waals surface area contributed by atoms with E-state index in [-0.39, 0.29) is 0 Å². The van der Waals surface area contributed by atoms with Gasteiger partial charge in [-0.05, 0) is 19.2 Å². The molecular weight excluding hydrogens is 330 g/mol. The van der Waals surface area contributed by atoms with Crippen molar-refractivity contribution in [3.63, 3.8) is 0 Å². The molecule has 0 amide bonds. The summed E-state index contributed by atoms with van der Waals surface area (Å²) < 4.78 is 7.21. The number of thioether (sulfide) groups is 1. The Morgan fingerprint density at radius 3 is 2.82 bits per heavy atom. The van der Waals surface area contributed by atoms with Crippen LogP contribution in [0.3, 0.4) is 0 Å². The quantitative estimate of drug-likeness (QED) is 0.430. The Bertz CT molecular complexity index is 708. The van der Waals surface area contributed by atoms with Gasteiger partial charge in [0.2, 0.25) is 0 Å². The summed E-state index contributed by atoms with van der Waals surface area (Å²) in [5.41, 5.74) is -1.07. The highest BCUT2D eigenvalue weighted by Gasteiger charge is 2.53. The van der Waals surface area contributed by atoms with Crippen molar-refractivity contribution in [3.05, 3.63) is 17.4 Å². The summed E-state index contributed by atoms with van der Waals surface area (Å²) in [4.78, 5) is 8.55. The molecule has 3 rings (SSSR count). The molecule has 2 aromatic heterocycles. The van der Waals surface area contributed by atoms with Gasteiger partial charge in [-0.1, -0.05) is 23.4 Å². The maximum Gasteiger partial charge on any atom is 0.190 e. The third-order valence-corrected chi connectivity index (χ3v) is 4.71. The van der Waals surface area contributed by atoms with E-state index in [2.05, 4.69) is 9.97 Å². The molecule has 0 aliphatic carbocycles. The zero-order valence-corrected chi connectivity index (χ0v) is 13.5. The van der Waals surface area contributed by atoms with Crippen LogP contribution in [0.15, 0.2) is 17.4 Å². The Hall–Kier alpha value is -0.900. The van der Waals surface area contributed by atoms with E-state index in [9.17, 15) is 15.3 Å². The molecular formula is C13H16ClN3O4S. The maximum absolute atomic E-state index is 10.6. The van der Waals surface area contributed by atoms with Crippen LogP contribution in [0.1, 0.15) is 13.2 Å². The number of rotatable bonds is 3. The third kappa shape index (κ3) is 2.31. The van der Waals surface area contributed by atoms with Gasteiger partial charge in [0, 0.05) is 6.20 Å². The van der Waals surface area contributed by atoms with Crippen LogP contribution in [-0.2, 0) is 4.74 Å². The average molecular weight is 346 g/mol. The Labute approximate surface area is 135 Å². The minimum Gasteiger partial charge on any atom is -0.394 e. The van der Waals surface area contributed by atoms with Crippen LogP contribution in [0.5, 0.6) is 0 Å². The minimum atomic E-state index is -1.57. The summed E-state index contributed by atoms with van der Waals surface area (Å²) in [6.07, 6.45) is 0.532. The molecule has 2 aromatic rings. The number of ether oxygens (including phenoxy) is 1. The van der Waals surface area contributed by atoms with Gasteiger partial charge in [0.1, 0.15) is 28.6 Å². The number of hydrogen-bond donors (Lipinski definition) is 3. The number of halogens is 1. The first-order valence-corrected chi connectivity index (χ1v) is 8.25. The minimum absolute atomic E-state index is 0.310. The van der Waals surface area contributed by atoms with Gasteiger partial charge in [-0.3, -0.25) is 0 Å². The number of aromatic nitrogens is 3. The van der Waals surface area contributed by atoms with E-state index in [4.69, 9.17) is 16.3 Å². The summed E-state index contributed by atoms with van der Waals surface area (Å²) in [6, 6.07) is 1.72. The summed E-state index contributed by atoms with van der Waals surface area (Å²) >= 11 is 7.49. The predicted octanol–water partition coefficient (Wildman–Crippen LogP) is 0.808. The zero-order chi connectivity index (χ0) is 16.1. The van der Waals surface area contributed by atoms with Gasteiger partial charge in [0.15, 0.2) is 11.4 Å². The standard InChI is InChI=1S/C13H16ClN3O4S/c1-13(20)8(19)7(5-18)21-11(13)17-4-3-6-9(14)15-12(22-2)16-10(6)17/h3-4,7-8,11,18-20H,5H2,1-2H3/t7-,8-,11?,13-/m1/s1. The van der Waals surface area contributed by atoms with E-state index >= 15 is 0 Å². The van der Waals surface area contributed by atoms with Crippen molar-refractivity contribution in [3.8, 4) is 0 Å². The van der Waals surface area contributed by atoms with E-state index in [0.717, 1.165) is 0 Å². The number of aliphatic hydroxyl groups is 3. The second kappa shape index (κ2) is 5.63. The van der Waals surface area contributed by atoms with Crippen LogP contribution in [0, 0.1) is 0 Å². The van der Waals surface area contributed by atoms with Gasteiger partial charge in [0.05, 0.1) is 12.0 Å². The number of aliphatic hydroxyl groups excluding tert-OH is 2. The Morgan fingerprint density at radius 1 is 1.50 bits per heavy atom. The van der Waals surface area contributed by atoms with Crippen molar-refractivity contribution >= 4 is 34.4 Å². The van der Waals surface area contributed by atoms with E-state index in [1.165, 1.54) is 18.7 Å². The van der Waals surface area contributed by atoms with Crippen LogP contribution in [0.25, 0.3) is 11.0 Å². The van der Waals surface area contributed by atoms with Gasteiger partial charge in [-0.25, -0.2) is 9.97 Å². The molecule has 1 aliphatic rings. The fourth-order valence-electron chi connectivity index (χ4n) is 2.65. The normalized spacial score (nSPS) is 32.0. The first-order valence-electron chi connectivity index (χ1n) is 6.65. The van der Waals surface area contributed by atoms with Crippen molar-refractivity contribution in [2.45, 2.75) is 36.1 Å². The lowest BCUT2D eigenvalue weighted by Crippen LogP contribution is -2.44. The molecule has 0 spiro atoms. The first kappa shape index (κ1) is 16.0. The van der Waals surface area contributed by atoms with Crippen LogP contribution in [-0.4, -0.2) is 60.5 Å². The Balaban J connectivity index is 2.12. The van der Waals surface area contributed by atoms with Crippen molar-refractivity contribution < 1.29 is 20.1 Å². The van der Waals surface area contributed by atoms with Gasteiger partial charge in [0.25, 0.3) is 0 Å². The van der Waals surface area contributed by atoms with E-state index in [1.807, 2.05) is 6.26 Å². The lowest BCUT2D eigenvalue weighted by Gasteiger charge is -2.27. The van der Waals surface area contributed by atoms with Crippen molar-refractivity contribution in [1.82, 2.24) is 14.5 Å². The molecule has 3 heterocycles. The second-order valence-corrected chi connectivity index (χ2v) is 6.47. The summed E-state index contributed by atoms with van der Waals surface area (Å²) in [5.74, 6) is 0. The molecule has 0 aromatic carbocycles. The van der Waals surface area contributed by atoms with E-state index in [0.29, 0.717) is 21.3 Å². The van der Waals surface area contributed by atoms with Crippen molar-refractivity contribution in [2.24, 2.45) is 0 Å². The molecule has 1 saturated heterocycles. The van der Waals surface area contributed by atoms with Crippen LogP contribution in [0.4, 0.5) is 0 Å². The van der Waals surface area contributed by atoms with Crippen LogP contribution in [0.2, 0.25) is 5.15 Å². The number of fused-ring (bicyclic) bond motifs is 1. The van der Waals surface area contributed by atoms with Gasteiger partial charge < -0.3 is 24.6 Å². The zero-order valence-electron chi connectivity index (χ0n) is 12.0. The van der Waals surface area contributed by atoms with Crippen molar-refractivity contribution in [1.29, 1.82) is 0 Å². The molecule has 22 heavy (non-hydrogen) atoms. The molecule has 0 bridgehead atoms. The molecule has 9 heteroatoms. The van der Waals surface area contributed by atoms with E-state index in [1.54, 1.807) is 16.8 Å². The highest BCUT2D eigenvalue weighted by atomic mass is 35.5. The van der Waals surface area contributed by atoms with Gasteiger partial charge >= 0.3 is 0 Å². The van der Waals surface area contributed by atoms with Crippen LogP contribution >= 0.6 is 23.4 Å². The molecule has 4 atom stereocenters.